The van der Waals surface area contributed by atoms with Crippen LogP contribution in [0.2, 0.25) is 0 Å². The van der Waals surface area contributed by atoms with E-state index < -0.39 is 0 Å². The molecule has 106 valence electrons. The summed E-state index contributed by atoms with van der Waals surface area (Å²) in [6, 6.07) is 6.59. The number of rotatable bonds is 6. The van der Waals surface area contributed by atoms with Crippen molar-refractivity contribution in [1.82, 2.24) is 0 Å². The Morgan fingerprint density at radius 3 is 2.47 bits per heavy atom. The van der Waals surface area contributed by atoms with Crippen molar-refractivity contribution in [3.63, 3.8) is 0 Å². The van der Waals surface area contributed by atoms with Gasteiger partial charge in [-0.1, -0.05) is 0 Å². The summed E-state index contributed by atoms with van der Waals surface area (Å²) in [5.41, 5.74) is 3.73. The van der Waals surface area contributed by atoms with Gasteiger partial charge >= 0.3 is 0 Å². The molecule has 0 aliphatic carbocycles. The molecule has 19 heavy (non-hydrogen) atoms. The predicted octanol–water partition coefficient (Wildman–Crippen LogP) is 2.63. The Labute approximate surface area is 115 Å². The zero-order valence-electron chi connectivity index (χ0n) is 12.1. The molecular weight excluding hydrogens is 240 g/mol. The van der Waals surface area contributed by atoms with Gasteiger partial charge in [0.05, 0.1) is 6.54 Å². The molecule has 1 aliphatic heterocycles. The van der Waals surface area contributed by atoms with Crippen LogP contribution in [0.25, 0.3) is 0 Å². The smallest absolute Gasteiger partial charge is 0.173 e. The number of methoxy groups -OCH3 is 2. The van der Waals surface area contributed by atoms with Gasteiger partial charge in [-0.3, -0.25) is 0 Å². The summed E-state index contributed by atoms with van der Waals surface area (Å²) in [7, 11) is 3.30. The first-order valence-electron chi connectivity index (χ1n) is 6.89. The minimum Gasteiger partial charge on any atom is -0.380 e. The Balaban J connectivity index is 1.98. The van der Waals surface area contributed by atoms with E-state index in [-0.39, 0.29) is 6.29 Å². The number of nitrogens with one attached hydrogen (secondary N) is 1. The van der Waals surface area contributed by atoms with E-state index in [1.165, 1.54) is 37.2 Å². The van der Waals surface area contributed by atoms with E-state index >= 15 is 0 Å². The monoisotopic (exact) mass is 264 g/mol. The van der Waals surface area contributed by atoms with Gasteiger partial charge in [-0.05, 0) is 43.5 Å². The maximum Gasteiger partial charge on any atom is 0.173 e. The van der Waals surface area contributed by atoms with E-state index in [2.05, 4.69) is 35.3 Å². The van der Waals surface area contributed by atoms with Crippen LogP contribution in [-0.2, 0) is 9.47 Å². The Bertz CT molecular complexity index is 399. The number of aryl methyl sites for hydroxylation is 1. The predicted molar refractivity (Wildman–Crippen MR) is 78.9 cm³/mol. The Hall–Kier alpha value is -1.26. The molecule has 1 aliphatic rings. The van der Waals surface area contributed by atoms with E-state index in [1.807, 2.05) is 0 Å². The summed E-state index contributed by atoms with van der Waals surface area (Å²) in [5.74, 6) is 0. The molecule has 4 heteroatoms. The van der Waals surface area contributed by atoms with Crippen molar-refractivity contribution in [1.29, 1.82) is 0 Å². The van der Waals surface area contributed by atoms with Crippen LogP contribution in [0.15, 0.2) is 18.2 Å². The normalized spacial score (nSPS) is 15.3. The van der Waals surface area contributed by atoms with Gasteiger partial charge in [-0.2, -0.15) is 0 Å². The Morgan fingerprint density at radius 2 is 1.89 bits per heavy atom. The first kappa shape index (κ1) is 14.2. The largest absolute Gasteiger partial charge is 0.380 e. The van der Waals surface area contributed by atoms with Crippen LogP contribution < -0.4 is 10.2 Å². The molecule has 0 radical (unpaired) electrons. The molecule has 4 nitrogen and oxygen atoms in total. The molecule has 1 fully saturated rings. The van der Waals surface area contributed by atoms with Crippen molar-refractivity contribution in [2.75, 3.05) is 44.1 Å². The molecule has 0 aromatic heterocycles. The van der Waals surface area contributed by atoms with Crippen LogP contribution in [0.3, 0.4) is 0 Å². The quantitative estimate of drug-likeness (QED) is 0.801. The van der Waals surface area contributed by atoms with Crippen molar-refractivity contribution in [3.05, 3.63) is 23.8 Å². The van der Waals surface area contributed by atoms with Crippen molar-refractivity contribution >= 4 is 11.4 Å². The number of hydrogen-bond acceptors (Lipinski definition) is 4. The highest BCUT2D eigenvalue weighted by atomic mass is 16.7. The molecule has 0 unspecified atom stereocenters. The number of ether oxygens (including phenoxy) is 2. The van der Waals surface area contributed by atoms with Gasteiger partial charge in [0.15, 0.2) is 6.29 Å². The van der Waals surface area contributed by atoms with Crippen molar-refractivity contribution in [2.45, 2.75) is 26.1 Å². The highest BCUT2D eigenvalue weighted by Gasteiger charge is 2.13. The summed E-state index contributed by atoms with van der Waals surface area (Å²) in [4.78, 5) is 2.45. The molecule has 0 spiro atoms. The lowest BCUT2D eigenvalue weighted by atomic mass is 10.1. The van der Waals surface area contributed by atoms with Gasteiger partial charge in [0.1, 0.15) is 0 Å². The molecule has 1 saturated heterocycles. The third-order valence-electron chi connectivity index (χ3n) is 3.67. The van der Waals surface area contributed by atoms with Crippen LogP contribution in [0.1, 0.15) is 18.4 Å². The summed E-state index contributed by atoms with van der Waals surface area (Å²) in [6.07, 6.45) is 2.41. The first-order chi connectivity index (χ1) is 9.24. The summed E-state index contributed by atoms with van der Waals surface area (Å²) >= 11 is 0. The third kappa shape index (κ3) is 3.61. The molecule has 1 aromatic rings. The molecule has 0 atom stereocenters. The Morgan fingerprint density at radius 1 is 1.21 bits per heavy atom. The van der Waals surface area contributed by atoms with Crippen LogP contribution in [-0.4, -0.2) is 40.1 Å². The van der Waals surface area contributed by atoms with Crippen molar-refractivity contribution < 1.29 is 9.47 Å². The highest BCUT2D eigenvalue weighted by molar-refractivity contribution is 5.60. The van der Waals surface area contributed by atoms with E-state index in [9.17, 15) is 0 Å². The Kier molecular flexibility index (Phi) is 5.05. The van der Waals surface area contributed by atoms with Gasteiger partial charge < -0.3 is 19.7 Å². The average molecular weight is 264 g/mol. The fourth-order valence-electron chi connectivity index (χ4n) is 2.47. The molecule has 0 amide bonds. The molecule has 1 N–H and O–H groups in total. The molecule has 1 aromatic carbocycles. The second-order valence-electron chi connectivity index (χ2n) is 4.98. The van der Waals surface area contributed by atoms with Gasteiger partial charge in [0, 0.05) is 38.7 Å². The SMILES string of the molecule is COC(CNc1ccc(N2CCCC2)cc1C)OC. The van der Waals surface area contributed by atoms with Gasteiger partial charge in [-0.25, -0.2) is 0 Å². The first-order valence-corrected chi connectivity index (χ1v) is 6.89. The number of nitrogens with zero attached hydrogens (tertiary/aromatic N) is 1. The highest BCUT2D eigenvalue weighted by Crippen LogP contribution is 2.25. The molecule has 0 saturated carbocycles. The van der Waals surface area contributed by atoms with Crippen LogP contribution >= 0.6 is 0 Å². The summed E-state index contributed by atoms with van der Waals surface area (Å²) in [6.45, 7) is 5.15. The van der Waals surface area contributed by atoms with Gasteiger partial charge in [0.25, 0.3) is 0 Å². The topological polar surface area (TPSA) is 33.7 Å². The molecule has 0 bridgehead atoms. The molecular formula is C15H24N2O2. The van der Waals surface area contributed by atoms with Crippen molar-refractivity contribution in [2.24, 2.45) is 0 Å². The lowest BCUT2D eigenvalue weighted by Crippen LogP contribution is -2.24. The maximum absolute atomic E-state index is 5.17. The van der Waals surface area contributed by atoms with E-state index in [4.69, 9.17) is 9.47 Å². The van der Waals surface area contributed by atoms with Crippen molar-refractivity contribution in [3.8, 4) is 0 Å². The number of hydrogen-bond donors (Lipinski definition) is 1. The second-order valence-corrected chi connectivity index (χ2v) is 4.98. The van der Waals surface area contributed by atoms with E-state index in [0.717, 1.165) is 5.69 Å². The fourth-order valence-corrected chi connectivity index (χ4v) is 2.47. The maximum atomic E-state index is 5.17. The van der Waals surface area contributed by atoms with Crippen LogP contribution in [0.5, 0.6) is 0 Å². The van der Waals surface area contributed by atoms with Crippen LogP contribution in [0, 0.1) is 6.92 Å². The zero-order chi connectivity index (χ0) is 13.7. The molecule has 2 rings (SSSR count). The van der Waals surface area contributed by atoms with Gasteiger partial charge in [0.2, 0.25) is 0 Å². The lowest BCUT2D eigenvalue weighted by Gasteiger charge is -2.20. The summed E-state index contributed by atoms with van der Waals surface area (Å²) < 4.78 is 10.3. The molecule has 1 heterocycles. The zero-order valence-corrected chi connectivity index (χ0v) is 12.1. The minimum absolute atomic E-state index is 0.211. The third-order valence-corrected chi connectivity index (χ3v) is 3.67. The average Bonchev–Trinajstić information content (AvgIpc) is 2.95. The van der Waals surface area contributed by atoms with E-state index in [1.54, 1.807) is 14.2 Å². The van der Waals surface area contributed by atoms with Gasteiger partial charge in [-0.15, -0.1) is 0 Å². The standard InChI is InChI=1S/C15H24N2O2/c1-12-10-13(17-8-4-5-9-17)6-7-14(12)16-11-15(18-2)19-3/h6-7,10,15-16H,4-5,8-9,11H2,1-3H3. The lowest BCUT2D eigenvalue weighted by molar-refractivity contribution is -0.0914. The minimum atomic E-state index is -0.211. The summed E-state index contributed by atoms with van der Waals surface area (Å²) in [5, 5.41) is 3.36. The number of benzene rings is 1. The number of anilines is 2. The van der Waals surface area contributed by atoms with E-state index in [0.29, 0.717) is 6.54 Å². The second kappa shape index (κ2) is 6.78. The van der Waals surface area contributed by atoms with Crippen LogP contribution in [0.4, 0.5) is 11.4 Å². The fraction of sp³-hybridized carbons (Fsp3) is 0.600.